The molecule has 0 aromatic heterocycles. The lowest BCUT2D eigenvalue weighted by atomic mass is 9.98. The van der Waals surface area contributed by atoms with Crippen LogP contribution in [-0.4, -0.2) is 49.7 Å². The number of aliphatic imine (C=N–C) groups is 1. The van der Waals surface area contributed by atoms with Crippen molar-refractivity contribution in [2.24, 2.45) is 4.99 Å². The van der Waals surface area contributed by atoms with E-state index in [1.807, 2.05) is 14.0 Å². The second-order valence-corrected chi connectivity index (χ2v) is 7.59. The van der Waals surface area contributed by atoms with E-state index >= 15 is 0 Å². The molecule has 0 bridgehead atoms. The zero-order chi connectivity index (χ0) is 18.8. The van der Waals surface area contributed by atoms with Gasteiger partial charge in [0.1, 0.15) is 0 Å². The first-order valence-corrected chi connectivity index (χ1v) is 9.90. The highest BCUT2D eigenvalue weighted by Crippen LogP contribution is 2.19. The molecule has 146 valence electrons. The van der Waals surface area contributed by atoms with Gasteiger partial charge in [-0.15, -0.1) is 0 Å². The van der Waals surface area contributed by atoms with E-state index in [4.69, 9.17) is 4.74 Å². The van der Waals surface area contributed by atoms with E-state index in [9.17, 15) is 0 Å². The maximum absolute atomic E-state index is 5.44. The normalized spacial score (nSPS) is 16.5. The lowest BCUT2D eigenvalue weighted by Gasteiger charge is -2.41. The zero-order valence-corrected chi connectivity index (χ0v) is 17.0. The van der Waals surface area contributed by atoms with Crippen LogP contribution in [0.4, 0.5) is 0 Å². The van der Waals surface area contributed by atoms with Gasteiger partial charge in [-0.3, -0.25) is 9.89 Å². The molecule has 0 aliphatic carbocycles. The van der Waals surface area contributed by atoms with E-state index < -0.39 is 0 Å². The van der Waals surface area contributed by atoms with Crippen LogP contribution in [0.3, 0.4) is 0 Å². The summed E-state index contributed by atoms with van der Waals surface area (Å²) in [6.07, 6.45) is 4.00. The third-order valence-corrected chi connectivity index (χ3v) is 5.08. The summed E-state index contributed by atoms with van der Waals surface area (Å²) >= 11 is 0. The predicted molar refractivity (Wildman–Crippen MR) is 109 cm³/mol. The molecule has 5 heteroatoms. The lowest BCUT2D eigenvalue weighted by Crippen LogP contribution is -2.54. The standard InChI is InChI=1S/C21H36N4O/c1-5-26-16-19-11-9-18(10-12-19)15-23-20(22-4)24-17-21(2,3)25-13-7-6-8-14-25/h9-12H,5-8,13-17H2,1-4H3,(H2,22,23,24). The van der Waals surface area contributed by atoms with Gasteiger partial charge in [0.15, 0.2) is 5.96 Å². The van der Waals surface area contributed by atoms with Crippen molar-refractivity contribution < 1.29 is 4.74 Å². The molecule has 1 heterocycles. The number of ether oxygens (including phenoxy) is 1. The van der Waals surface area contributed by atoms with Gasteiger partial charge in [-0.1, -0.05) is 30.7 Å². The lowest BCUT2D eigenvalue weighted by molar-refractivity contribution is 0.0982. The average Bonchev–Trinajstić information content (AvgIpc) is 2.68. The molecule has 2 N–H and O–H groups in total. The quantitative estimate of drug-likeness (QED) is 0.552. The first kappa shape index (κ1) is 20.7. The van der Waals surface area contributed by atoms with Gasteiger partial charge in [0.2, 0.25) is 0 Å². The first-order valence-electron chi connectivity index (χ1n) is 9.90. The molecule has 0 atom stereocenters. The Balaban J connectivity index is 1.78. The Morgan fingerprint density at radius 2 is 1.73 bits per heavy atom. The molecule has 1 saturated heterocycles. The van der Waals surface area contributed by atoms with Gasteiger partial charge in [0, 0.05) is 32.3 Å². The highest BCUT2D eigenvalue weighted by atomic mass is 16.5. The van der Waals surface area contributed by atoms with Gasteiger partial charge in [0.25, 0.3) is 0 Å². The Morgan fingerprint density at radius 1 is 1.08 bits per heavy atom. The van der Waals surface area contributed by atoms with Crippen LogP contribution in [0, 0.1) is 0 Å². The number of rotatable bonds is 8. The summed E-state index contributed by atoms with van der Waals surface area (Å²) in [5.41, 5.74) is 2.59. The van der Waals surface area contributed by atoms with Crippen molar-refractivity contribution in [2.75, 3.05) is 33.3 Å². The first-order chi connectivity index (χ1) is 12.5. The van der Waals surface area contributed by atoms with Crippen LogP contribution in [-0.2, 0) is 17.9 Å². The summed E-state index contributed by atoms with van der Waals surface area (Å²) in [5, 5.41) is 6.91. The van der Waals surface area contributed by atoms with Crippen molar-refractivity contribution >= 4 is 5.96 Å². The van der Waals surface area contributed by atoms with Gasteiger partial charge in [-0.05, 0) is 57.8 Å². The van der Waals surface area contributed by atoms with Gasteiger partial charge in [-0.2, -0.15) is 0 Å². The number of nitrogens with one attached hydrogen (secondary N) is 2. The van der Waals surface area contributed by atoms with E-state index in [0.29, 0.717) is 6.61 Å². The molecule has 1 aliphatic rings. The third-order valence-electron chi connectivity index (χ3n) is 5.08. The molecule has 0 unspecified atom stereocenters. The molecule has 0 radical (unpaired) electrons. The average molecular weight is 361 g/mol. The minimum absolute atomic E-state index is 0.138. The smallest absolute Gasteiger partial charge is 0.191 e. The summed E-state index contributed by atoms with van der Waals surface area (Å²) in [5.74, 6) is 0.855. The molecule has 0 saturated carbocycles. The van der Waals surface area contributed by atoms with E-state index in [1.165, 1.54) is 43.5 Å². The number of nitrogens with zero attached hydrogens (tertiary/aromatic N) is 2. The fourth-order valence-electron chi connectivity index (χ4n) is 3.29. The Kier molecular flexibility index (Phi) is 8.39. The van der Waals surface area contributed by atoms with Crippen LogP contribution < -0.4 is 10.6 Å². The summed E-state index contributed by atoms with van der Waals surface area (Å²) in [6, 6.07) is 8.54. The number of piperidine rings is 1. The summed E-state index contributed by atoms with van der Waals surface area (Å²) in [7, 11) is 1.83. The minimum Gasteiger partial charge on any atom is -0.377 e. The molecule has 5 nitrogen and oxygen atoms in total. The number of guanidine groups is 1. The molecule has 1 aliphatic heterocycles. The monoisotopic (exact) mass is 360 g/mol. The topological polar surface area (TPSA) is 48.9 Å². The van der Waals surface area contributed by atoms with Crippen LogP contribution in [0.15, 0.2) is 29.3 Å². The number of hydrogen-bond donors (Lipinski definition) is 2. The molecule has 26 heavy (non-hydrogen) atoms. The maximum atomic E-state index is 5.44. The van der Waals surface area contributed by atoms with Crippen LogP contribution in [0.1, 0.15) is 51.2 Å². The minimum atomic E-state index is 0.138. The van der Waals surface area contributed by atoms with Crippen molar-refractivity contribution in [1.29, 1.82) is 0 Å². The van der Waals surface area contributed by atoms with Crippen molar-refractivity contribution in [2.45, 2.75) is 58.7 Å². The van der Waals surface area contributed by atoms with Crippen LogP contribution in [0.5, 0.6) is 0 Å². The molecular weight excluding hydrogens is 324 g/mol. The van der Waals surface area contributed by atoms with E-state index in [1.54, 1.807) is 0 Å². The summed E-state index contributed by atoms with van der Waals surface area (Å²) < 4.78 is 5.44. The molecule has 1 aromatic rings. The Bertz CT molecular complexity index is 548. The van der Waals surface area contributed by atoms with Gasteiger partial charge in [-0.25, -0.2) is 0 Å². The molecule has 0 spiro atoms. The number of hydrogen-bond acceptors (Lipinski definition) is 3. The van der Waals surface area contributed by atoms with E-state index in [0.717, 1.165) is 25.7 Å². The predicted octanol–water partition coefficient (Wildman–Crippen LogP) is 3.15. The molecule has 2 rings (SSSR count). The largest absolute Gasteiger partial charge is 0.377 e. The second-order valence-electron chi connectivity index (χ2n) is 7.59. The van der Waals surface area contributed by atoms with E-state index in [-0.39, 0.29) is 5.54 Å². The maximum Gasteiger partial charge on any atom is 0.191 e. The van der Waals surface area contributed by atoms with Gasteiger partial charge < -0.3 is 15.4 Å². The van der Waals surface area contributed by atoms with Crippen molar-refractivity contribution in [3.8, 4) is 0 Å². The zero-order valence-electron chi connectivity index (χ0n) is 17.0. The molecule has 0 amide bonds. The van der Waals surface area contributed by atoms with E-state index in [2.05, 4.69) is 58.6 Å². The number of likely N-dealkylation sites (tertiary alicyclic amines) is 1. The SMILES string of the molecule is CCOCc1ccc(CNC(=NC)NCC(C)(C)N2CCCCC2)cc1. The van der Waals surface area contributed by atoms with Gasteiger partial charge >= 0.3 is 0 Å². The van der Waals surface area contributed by atoms with Crippen LogP contribution in [0.25, 0.3) is 0 Å². The van der Waals surface area contributed by atoms with Crippen LogP contribution >= 0.6 is 0 Å². The second kappa shape index (κ2) is 10.5. The van der Waals surface area contributed by atoms with Crippen LogP contribution in [0.2, 0.25) is 0 Å². The molecular formula is C21H36N4O. The molecule has 1 aromatic carbocycles. The highest BCUT2D eigenvalue weighted by Gasteiger charge is 2.27. The van der Waals surface area contributed by atoms with Crippen molar-refractivity contribution in [1.82, 2.24) is 15.5 Å². The summed E-state index contributed by atoms with van der Waals surface area (Å²) in [4.78, 5) is 6.96. The van der Waals surface area contributed by atoms with Crippen molar-refractivity contribution in [3.05, 3.63) is 35.4 Å². The summed E-state index contributed by atoms with van der Waals surface area (Å²) in [6.45, 7) is 12.1. The van der Waals surface area contributed by atoms with Crippen molar-refractivity contribution in [3.63, 3.8) is 0 Å². The number of benzene rings is 1. The Morgan fingerprint density at radius 3 is 2.35 bits per heavy atom. The molecule has 1 fully saturated rings. The highest BCUT2D eigenvalue weighted by molar-refractivity contribution is 5.79. The Labute approximate surface area is 159 Å². The fraction of sp³-hybridized carbons (Fsp3) is 0.667. The van der Waals surface area contributed by atoms with Gasteiger partial charge in [0.05, 0.1) is 6.61 Å². The third kappa shape index (κ3) is 6.61. The Hall–Kier alpha value is -1.59. The fourth-order valence-corrected chi connectivity index (χ4v) is 3.29.